The van der Waals surface area contributed by atoms with Crippen LogP contribution in [0.4, 0.5) is 10.1 Å². The van der Waals surface area contributed by atoms with Gasteiger partial charge in [0.15, 0.2) is 0 Å². The van der Waals surface area contributed by atoms with Crippen molar-refractivity contribution in [3.05, 3.63) is 53.6 Å². The van der Waals surface area contributed by atoms with E-state index in [4.69, 9.17) is 9.84 Å². The Morgan fingerprint density at radius 2 is 2.05 bits per heavy atom. The number of hydrogen-bond donors (Lipinski definition) is 2. The number of carboxylic acid groups (broad SMARTS) is 1. The Morgan fingerprint density at radius 3 is 2.62 bits per heavy atom. The van der Waals surface area contributed by atoms with Gasteiger partial charge in [-0.3, -0.25) is 4.79 Å². The summed E-state index contributed by atoms with van der Waals surface area (Å²) in [5.74, 6) is -2.10. The van der Waals surface area contributed by atoms with Crippen molar-refractivity contribution < 1.29 is 23.8 Å². The molecule has 1 aromatic heterocycles. The number of carbonyl (C=O) groups is 2. The molecule has 21 heavy (non-hydrogen) atoms. The number of carbonyl (C=O) groups excluding carboxylic acids is 1. The smallest absolute Gasteiger partial charge is 0.339 e. The Balaban J connectivity index is 2.21. The highest BCUT2D eigenvalue weighted by Gasteiger charge is 2.13. The van der Waals surface area contributed by atoms with Crippen LogP contribution >= 0.6 is 0 Å². The first-order valence-corrected chi connectivity index (χ1v) is 5.85. The van der Waals surface area contributed by atoms with E-state index in [1.165, 1.54) is 31.4 Å². The van der Waals surface area contributed by atoms with Crippen LogP contribution in [0.3, 0.4) is 0 Å². The zero-order chi connectivity index (χ0) is 15.4. The Labute approximate surface area is 119 Å². The number of anilines is 1. The minimum atomic E-state index is -1.13. The van der Waals surface area contributed by atoms with Crippen LogP contribution in [0.1, 0.15) is 20.8 Å². The topological polar surface area (TPSA) is 88.5 Å². The molecule has 108 valence electrons. The number of carboxylic acids is 1. The van der Waals surface area contributed by atoms with Gasteiger partial charge < -0.3 is 15.2 Å². The van der Waals surface area contributed by atoms with Crippen molar-refractivity contribution in [2.24, 2.45) is 0 Å². The number of halogens is 1. The molecule has 1 aromatic carbocycles. The maximum absolute atomic E-state index is 12.7. The fourth-order valence-electron chi connectivity index (χ4n) is 1.65. The third kappa shape index (κ3) is 3.33. The van der Waals surface area contributed by atoms with E-state index < -0.39 is 17.7 Å². The number of nitrogens with one attached hydrogen (secondary N) is 1. The minimum Gasteiger partial charge on any atom is -0.496 e. The van der Waals surface area contributed by atoms with Crippen LogP contribution in [0, 0.1) is 5.82 Å². The highest BCUT2D eigenvalue weighted by atomic mass is 19.1. The molecule has 0 saturated carbocycles. The molecule has 2 N–H and O–H groups in total. The van der Waals surface area contributed by atoms with Crippen LogP contribution in [0.15, 0.2) is 36.5 Å². The summed E-state index contributed by atoms with van der Waals surface area (Å²) in [7, 11) is 1.33. The molecule has 0 aliphatic carbocycles. The molecular weight excluding hydrogens is 279 g/mol. The first-order valence-electron chi connectivity index (χ1n) is 5.85. The molecule has 2 rings (SSSR count). The quantitative estimate of drug-likeness (QED) is 0.901. The molecular formula is C14H11FN2O4. The van der Waals surface area contributed by atoms with Gasteiger partial charge in [0.1, 0.15) is 22.8 Å². The molecule has 0 aliphatic heterocycles. The number of rotatable bonds is 4. The standard InChI is InChI=1S/C14H11FN2O4/c1-21-12-6-9(3-4-10(12)14(19)20)17-13(18)11-5-2-8(15)7-16-11/h2-7H,1H3,(H,17,18)(H,19,20). The predicted molar refractivity (Wildman–Crippen MR) is 72.1 cm³/mol. The molecule has 7 heteroatoms. The normalized spacial score (nSPS) is 10.0. The Morgan fingerprint density at radius 1 is 1.29 bits per heavy atom. The lowest BCUT2D eigenvalue weighted by atomic mass is 10.2. The van der Waals surface area contributed by atoms with E-state index in [2.05, 4.69) is 10.3 Å². The molecule has 1 heterocycles. The van der Waals surface area contributed by atoms with E-state index >= 15 is 0 Å². The highest BCUT2D eigenvalue weighted by molar-refractivity contribution is 6.03. The number of benzene rings is 1. The summed E-state index contributed by atoms with van der Waals surface area (Å²) < 4.78 is 17.7. The lowest BCUT2D eigenvalue weighted by Crippen LogP contribution is -2.14. The van der Waals surface area contributed by atoms with Gasteiger partial charge >= 0.3 is 5.97 Å². The molecule has 0 radical (unpaired) electrons. The Hall–Kier alpha value is -2.96. The monoisotopic (exact) mass is 290 g/mol. The molecule has 0 unspecified atom stereocenters. The van der Waals surface area contributed by atoms with Crippen LogP contribution in [0.25, 0.3) is 0 Å². The second kappa shape index (κ2) is 6.00. The van der Waals surface area contributed by atoms with Gasteiger partial charge in [0.05, 0.1) is 13.3 Å². The summed E-state index contributed by atoms with van der Waals surface area (Å²) in [5.41, 5.74) is 0.362. The van der Waals surface area contributed by atoms with Crippen LogP contribution in [0.2, 0.25) is 0 Å². The Bertz CT molecular complexity index is 686. The zero-order valence-electron chi connectivity index (χ0n) is 11.0. The molecule has 0 saturated heterocycles. The summed E-state index contributed by atoms with van der Waals surface area (Å²) in [6, 6.07) is 6.48. The number of amides is 1. The van der Waals surface area contributed by atoms with Gasteiger partial charge in [0, 0.05) is 11.8 Å². The lowest BCUT2D eigenvalue weighted by molar-refractivity contribution is 0.0693. The Kier molecular flexibility index (Phi) is 4.13. The number of aromatic carboxylic acids is 1. The van der Waals surface area contributed by atoms with Crippen molar-refractivity contribution in [1.29, 1.82) is 0 Å². The summed E-state index contributed by atoms with van der Waals surface area (Å²) in [4.78, 5) is 26.5. The number of nitrogens with zero attached hydrogens (tertiary/aromatic N) is 1. The largest absolute Gasteiger partial charge is 0.496 e. The van der Waals surface area contributed by atoms with E-state index in [0.717, 1.165) is 12.3 Å². The molecule has 2 aromatic rings. The molecule has 1 amide bonds. The van der Waals surface area contributed by atoms with Crippen molar-refractivity contribution in [1.82, 2.24) is 4.98 Å². The van der Waals surface area contributed by atoms with Crippen LogP contribution < -0.4 is 10.1 Å². The number of aromatic nitrogens is 1. The van der Waals surface area contributed by atoms with Crippen molar-refractivity contribution in [3.8, 4) is 5.75 Å². The van der Waals surface area contributed by atoms with Crippen molar-refractivity contribution in [2.75, 3.05) is 12.4 Å². The average molecular weight is 290 g/mol. The lowest BCUT2D eigenvalue weighted by Gasteiger charge is -2.09. The molecule has 0 bridgehead atoms. The number of hydrogen-bond acceptors (Lipinski definition) is 4. The van der Waals surface area contributed by atoms with Gasteiger partial charge in [-0.15, -0.1) is 0 Å². The molecule has 0 aliphatic rings. The molecule has 0 spiro atoms. The van der Waals surface area contributed by atoms with Gasteiger partial charge in [-0.25, -0.2) is 14.2 Å². The van der Waals surface area contributed by atoms with E-state index in [0.29, 0.717) is 5.69 Å². The van der Waals surface area contributed by atoms with Gasteiger partial charge in [-0.1, -0.05) is 0 Å². The third-order valence-corrected chi connectivity index (χ3v) is 2.65. The van der Waals surface area contributed by atoms with Crippen molar-refractivity contribution in [2.45, 2.75) is 0 Å². The maximum Gasteiger partial charge on any atom is 0.339 e. The van der Waals surface area contributed by atoms with Gasteiger partial charge in [-0.2, -0.15) is 0 Å². The molecule has 0 atom stereocenters. The maximum atomic E-state index is 12.7. The van der Waals surface area contributed by atoms with E-state index in [-0.39, 0.29) is 17.0 Å². The number of methoxy groups -OCH3 is 1. The minimum absolute atomic E-state index is 0.0181. The highest BCUT2D eigenvalue weighted by Crippen LogP contribution is 2.23. The first kappa shape index (κ1) is 14.4. The fraction of sp³-hybridized carbons (Fsp3) is 0.0714. The van der Waals surface area contributed by atoms with Crippen molar-refractivity contribution in [3.63, 3.8) is 0 Å². The van der Waals surface area contributed by atoms with Gasteiger partial charge in [0.25, 0.3) is 5.91 Å². The number of ether oxygens (including phenoxy) is 1. The van der Waals surface area contributed by atoms with Crippen LogP contribution in [0.5, 0.6) is 5.75 Å². The van der Waals surface area contributed by atoms with Crippen LogP contribution in [-0.2, 0) is 0 Å². The van der Waals surface area contributed by atoms with Crippen molar-refractivity contribution >= 4 is 17.6 Å². The fourth-order valence-corrected chi connectivity index (χ4v) is 1.65. The average Bonchev–Trinajstić information content (AvgIpc) is 2.47. The summed E-state index contributed by atoms with van der Waals surface area (Å²) in [6.45, 7) is 0. The predicted octanol–water partition coefficient (Wildman–Crippen LogP) is 2.18. The van der Waals surface area contributed by atoms with Crippen LogP contribution in [-0.4, -0.2) is 29.1 Å². The number of pyridine rings is 1. The SMILES string of the molecule is COc1cc(NC(=O)c2ccc(F)cn2)ccc1C(=O)O. The summed E-state index contributed by atoms with van der Waals surface area (Å²) in [6.07, 6.45) is 0.934. The third-order valence-electron chi connectivity index (χ3n) is 2.65. The first-order chi connectivity index (χ1) is 10.0. The van der Waals surface area contributed by atoms with E-state index in [9.17, 15) is 14.0 Å². The zero-order valence-corrected chi connectivity index (χ0v) is 11.0. The van der Waals surface area contributed by atoms with Gasteiger partial charge in [-0.05, 0) is 24.3 Å². The summed E-state index contributed by atoms with van der Waals surface area (Å²) in [5, 5.41) is 11.5. The second-order valence-electron chi connectivity index (χ2n) is 4.04. The molecule has 0 fully saturated rings. The van der Waals surface area contributed by atoms with E-state index in [1.807, 2.05) is 0 Å². The van der Waals surface area contributed by atoms with E-state index in [1.54, 1.807) is 0 Å². The van der Waals surface area contributed by atoms with Gasteiger partial charge in [0.2, 0.25) is 0 Å². The summed E-state index contributed by atoms with van der Waals surface area (Å²) >= 11 is 0. The second-order valence-corrected chi connectivity index (χ2v) is 4.04. The molecule has 6 nitrogen and oxygen atoms in total.